The van der Waals surface area contributed by atoms with Crippen LogP contribution in [0.15, 0.2) is 24.5 Å². The number of fused-ring (bicyclic) bond motifs is 1. The van der Waals surface area contributed by atoms with Crippen molar-refractivity contribution in [2.75, 3.05) is 0 Å². The minimum absolute atomic E-state index is 0.289. The van der Waals surface area contributed by atoms with Crippen molar-refractivity contribution in [3.8, 4) is 0 Å². The average Bonchev–Trinajstić information content (AvgIpc) is 2.86. The molecule has 0 saturated carbocycles. The first-order valence-corrected chi connectivity index (χ1v) is 7.68. The average molecular weight is 273 g/mol. The molecule has 0 aliphatic heterocycles. The zero-order valence-electron chi connectivity index (χ0n) is 11.4. The largest absolute Gasteiger partial charge is 0.300 e. The van der Waals surface area contributed by atoms with E-state index in [1.54, 1.807) is 11.3 Å². The molecule has 2 aromatic rings. The Morgan fingerprint density at radius 1 is 1.42 bits per heavy atom. The van der Waals surface area contributed by atoms with Crippen LogP contribution in [0.1, 0.15) is 53.0 Å². The normalized spacial score (nSPS) is 20.0. The Bertz CT molecular complexity index is 564. The lowest BCUT2D eigenvalue weighted by atomic mass is 9.91. The lowest BCUT2D eigenvalue weighted by Gasteiger charge is -2.27. The van der Waals surface area contributed by atoms with Crippen molar-refractivity contribution in [1.82, 2.24) is 15.3 Å². The van der Waals surface area contributed by atoms with E-state index in [0.29, 0.717) is 6.04 Å². The van der Waals surface area contributed by atoms with E-state index in [1.807, 2.05) is 18.5 Å². The smallest absolute Gasteiger partial charge is 0.109 e. The molecule has 2 atom stereocenters. The van der Waals surface area contributed by atoms with Crippen molar-refractivity contribution in [3.63, 3.8) is 0 Å². The Kier molecular flexibility index (Phi) is 3.62. The monoisotopic (exact) mass is 273 g/mol. The van der Waals surface area contributed by atoms with Gasteiger partial charge in [-0.25, -0.2) is 4.98 Å². The highest BCUT2D eigenvalue weighted by Gasteiger charge is 2.23. The van der Waals surface area contributed by atoms with Gasteiger partial charge in [0.15, 0.2) is 0 Å². The first-order chi connectivity index (χ1) is 9.24. The number of thiazole rings is 1. The molecule has 0 bridgehead atoms. The van der Waals surface area contributed by atoms with Crippen LogP contribution in [0.2, 0.25) is 0 Å². The Labute approximate surface area is 118 Å². The molecular weight excluding hydrogens is 254 g/mol. The van der Waals surface area contributed by atoms with E-state index in [1.165, 1.54) is 34.0 Å². The lowest BCUT2D eigenvalue weighted by Crippen LogP contribution is -2.28. The molecule has 2 unspecified atom stereocenters. The van der Waals surface area contributed by atoms with Gasteiger partial charge in [-0.1, -0.05) is 6.07 Å². The number of nitrogens with one attached hydrogen (secondary N) is 1. The molecule has 4 heteroatoms. The van der Waals surface area contributed by atoms with Crippen molar-refractivity contribution < 1.29 is 0 Å². The first kappa shape index (κ1) is 12.8. The van der Waals surface area contributed by atoms with Gasteiger partial charge in [-0.2, -0.15) is 0 Å². The molecule has 0 amide bonds. The summed E-state index contributed by atoms with van der Waals surface area (Å²) in [6, 6.07) is 4.89. The van der Waals surface area contributed by atoms with Gasteiger partial charge in [-0.05, 0) is 44.7 Å². The molecule has 1 aliphatic carbocycles. The number of rotatable bonds is 3. The van der Waals surface area contributed by atoms with Crippen molar-refractivity contribution >= 4 is 11.3 Å². The van der Waals surface area contributed by atoms with Crippen LogP contribution in [0, 0.1) is 6.92 Å². The SMILES string of the molecule is Cc1cnc(C(C)NC2CCCc3cccnc32)s1. The van der Waals surface area contributed by atoms with E-state index in [9.17, 15) is 0 Å². The van der Waals surface area contributed by atoms with E-state index < -0.39 is 0 Å². The molecule has 0 aromatic carbocycles. The second kappa shape index (κ2) is 5.39. The summed E-state index contributed by atoms with van der Waals surface area (Å²) in [5.41, 5.74) is 2.63. The third-order valence-corrected chi connectivity index (χ3v) is 4.75. The van der Waals surface area contributed by atoms with E-state index in [2.05, 4.69) is 35.2 Å². The quantitative estimate of drug-likeness (QED) is 0.929. The molecule has 1 N–H and O–H groups in total. The van der Waals surface area contributed by atoms with E-state index in [-0.39, 0.29) is 6.04 Å². The minimum atomic E-state index is 0.289. The molecule has 0 fully saturated rings. The van der Waals surface area contributed by atoms with Gasteiger partial charge in [-0.15, -0.1) is 11.3 Å². The number of pyridine rings is 1. The zero-order chi connectivity index (χ0) is 13.2. The van der Waals surface area contributed by atoms with Crippen LogP contribution in [0.3, 0.4) is 0 Å². The van der Waals surface area contributed by atoms with Crippen molar-refractivity contribution in [2.24, 2.45) is 0 Å². The van der Waals surface area contributed by atoms with Gasteiger partial charge in [0.2, 0.25) is 0 Å². The number of aromatic nitrogens is 2. The van der Waals surface area contributed by atoms with E-state index >= 15 is 0 Å². The van der Waals surface area contributed by atoms with Gasteiger partial charge in [-0.3, -0.25) is 10.3 Å². The number of hydrogen-bond acceptors (Lipinski definition) is 4. The molecule has 0 spiro atoms. The summed E-state index contributed by atoms with van der Waals surface area (Å²) in [7, 11) is 0. The maximum atomic E-state index is 4.57. The van der Waals surface area contributed by atoms with E-state index in [4.69, 9.17) is 0 Å². The highest BCUT2D eigenvalue weighted by molar-refractivity contribution is 7.11. The third-order valence-electron chi connectivity index (χ3n) is 3.66. The molecule has 0 saturated heterocycles. The van der Waals surface area contributed by atoms with Gasteiger partial charge in [0.1, 0.15) is 5.01 Å². The molecule has 1 aliphatic rings. The summed E-state index contributed by atoms with van der Waals surface area (Å²) in [5, 5.41) is 4.86. The zero-order valence-corrected chi connectivity index (χ0v) is 12.2. The third kappa shape index (κ3) is 2.69. The highest BCUT2D eigenvalue weighted by atomic mass is 32.1. The minimum Gasteiger partial charge on any atom is -0.300 e. The number of hydrogen-bond donors (Lipinski definition) is 1. The van der Waals surface area contributed by atoms with Gasteiger partial charge >= 0.3 is 0 Å². The summed E-state index contributed by atoms with van der Waals surface area (Å²) >= 11 is 1.77. The topological polar surface area (TPSA) is 37.8 Å². The Morgan fingerprint density at radius 2 is 2.32 bits per heavy atom. The summed E-state index contributed by atoms with van der Waals surface area (Å²) in [4.78, 5) is 10.3. The molecule has 2 aromatic heterocycles. The molecule has 100 valence electrons. The second-order valence-corrected chi connectivity index (χ2v) is 6.46. The molecule has 19 heavy (non-hydrogen) atoms. The first-order valence-electron chi connectivity index (χ1n) is 6.86. The van der Waals surface area contributed by atoms with Crippen LogP contribution in [0.25, 0.3) is 0 Å². The Balaban J connectivity index is 1.77. The van der Waals surface area contributed by atoms with Crippen LogP contribution in [0.4, 0.5) is 0 Å². The van der Waals surface area contributed by atoms with Crippen LogP contribution in [-0.2, 0) is 6.42 Å². The fraction of sp³-hybridized carbons (Fsp3) is 0.467. The highest BCUT2D eigenvalue weighted by Crippen LogP contribution is 2.30. The molecule has 3 rings (SSSR count). The second-order valence-electron chi connectivity index (χ2n) is 5.19. The molecular formula is C15H19N3S. The summed E-state index contributed by atoms with van der Waals surface area (Å²) in [6.45, 7) is 4.29. The standard InChI is InChI=1S/C15H19N3S/c1-10-9-17-15(19-10)11(2)18-13-7-3-5-12-6-4-8-16-14(12)13/h4,6,8-9,11,13,18H,3,5,7H2,1-2H3. The lowest BCUT2D eigenvalue weighted by molar-refractivity contribution is 0.406. The number of aryl methyl sites for hydroxylation is 2. The Hall–Kier alpha value is -1.26. The summed E-state index contributed by atoms with van der Waals surface area (Å²) < 4.78 is 0. The predicted octanol–water partition coefficient (Wildman–Crippen LogP) is 3.57. The maximum absolute atomic E-state index is 4.57. The van der Waals surface area contributed by atoms with Crippen LogP contribution < -0.4 is 5.32 Å². The fourth-order valence-corrected chi connectivity index (χ4v) is 3.50. The number of nitrogens with zero attached hydrogens (tertiary/aromatic N) is 2. The van der Waals surface area contributed by atoms with Crippen molar-refractivity contribution in [3.05, 3.63) is 45.7 Å². The Morgan fingerprint density at radius 3 is 3.11 bits per heavy atom. The van der Waals surface area contributed by atoms with Crippen molar-refractivity contribution in [1.29, 1.82) is 0 Å². The fourth-order valence-electron chi connectivity index (χ4n) is 2.72. The van der Waals surface area contributed by atoms with Gasteiger partial charge in [0, 0.05) is 17.3 Å². The van der Waals surface area contributed by atoms with Gasteiger partial charge < -0.3 is 0 Å². The van der Waals surface area contributed by atoms with E-state index in [0.717, 1.165) is 6.42 Å². The summed E-state index contributed by atoms with van der Waals surface area (Å²) in [5.74, 6) is 0. The van der Waals surface area contributed by atoms with Gasteiger partial charge in [0.05, 0.1) is 17.8 Å². The maximum Gasteiger partial charge on any atom is 0.109 e. The van der Waals surface area contributed by atoms with Crippen LogP contribution in [0.5, 0.6) is 0 Å². The summed E-state index contributed by atoms with van der Waals surface area (Å²) in [6.07, 6.45) is 7.41. The predicted molar refractivity (Wildman–Crippen MR) is 78.3 cm³/mol. The van der Waals surface area contributed by atoms with Crippen LogP contribution >= 0.6 is 11.3 Å². The molecule has 0 radical (unpaired) electrons. The van der Waals surface area contributed by atoms with Crippen molar-refractivity contribution in [2.45, 2.75) is 45.2 Å². The molecule has 3 nitrogen and oxygen atoms in total. The van der Waals surface area contributed by atoms with Crippen LogP contribution in [-0.4, -0.2) is 9.97 Å². The molecule has 2 heterocycles. The van der Waals surface area contributed by atoms with Gasteiger partial charge in [0.25, 0.3) is 0 Å².